The Balaban J connectivity index is 2.38. The number of hydrogen-bond acceptors (Lipinski definition) is 4. The summed E-state index contributed by atoms with van der Waals surface area (Å²) >= 11 is 0. The number of carbonyl (C=O) groups is 2. The molecule has 5 nitrogen and oxygen atoms in total. The van der Waals surface area contributed by atoms with Gasteiger partial charge in [0.15, 0.2) is 0 Å². The summed E-state index contributed by atoms with van der Waals surface area (Å²) < 4.78 is 5.02. The average molecular weight is 229 g/mol. The fourth-order valence-electron chi connectivity index (χ4n) is 1.81. The van der Waals surface area contributed by atoms with Gasteiger partial charge in [0, 0.05) is 19.9 Å². The summed E-state index contributed by atoms with van der Waals surface area (Å²) in [4.78, 5) is 24.4. The molecule has 1 saturated heterocycles. The van der Waals surface area contributed by atoms with Crippen LogP contribution in [-0.4, -0.2) is 47.2 Å². The monoisotopic (exact) mass is 229 g/mol. The molecule has 1 heterocycles. The second-order valence-corrected chi connectivity index (χ2v) is 4.18. The highest BCUT2D eigenvalue weighted by atomic mass is 16.5. The van der Waals surface area contributed by atoms with Crippen LogP contribution in [0.4, 0.5) is 0 Å². The van der Waals surface area contributed by atoms with E-state index >= 15 is 0 Å². The molecule has 1 fully saturated rings. The van der Waals surface area contributed by atoms with Crippen molar-refractivity contribution in [3.8, 4) is 0 Å². The molecule has 1 amide bonds. The number of esters is 1. The Kier molecular flexibility index (Phi) is 4.73. The van der Waals surface area contributed by atoms with Gasteiger partial charge in [-0.25, -0.2) is 4.79 Å². The Bertz CT molecular complexity index is 265. The van der Waals surface area contributed by atoms with Crippen molar-refractivity contribution in [3.63, 3.8) is 0 Å². The largest absolute Gasteiger partial charge is 0.464 e. The predicted molar refractivity (Wildman–Crippen MR) is 57.7 cm³/mol. The van der Waals surface area contributed by atoms with Crippen molar-refractivity contribution in [2.45, 2.75) is 45.3 Å². The summed E-state index contributed by atoms with van der Waals surface area (Å²) in [6.07, 6.45) is 1.47. The van der Waals surface area contributed by atoms with Gasteiger partial charge in [-0.3, -0.25) is 4.79 Å². The first-order chi connectivity index (χ1) is 7.52. The van der Waals surface area contributed by atoms with Crippen LogP contribution < -0.4 is 0 Å². The Morgan fingerprint density at radius 3 is 2.81 bits per heavy atom. The molecule has 0 aromatic heterocycles. The maximum absolute atomic E-state index is 11.6. The van der Waals surface area contributed by atoms with E-state index in [0.29, 0.717) is 19.4 Å². The highest BCUT2D eigenvalue weighted by molar-refractivity contribution is 5.83. The Labute approximate surface area is 95.4 Å². The minimum absolute atomic E-state index is 0.0880. The maximum atomic E-state index is 11.6. The first-order valence-electron chi connectivity index (χ1n) is 5.64. The minimum atomic E-state index is -0.472. The van der Waals surface area contributed by atoms with Crippen LogP contribution >= 0.6 is 0 Å². The smallest absolute Gasteiger partial charge is 0.328 e. The van der Waals surface area contributed by atoms with Crippen LogP contribution in [0.1, 0.15) is 33.1 Å². The average Bonchev–Trinajstić information content (AvgIpc) is 2.65. The molecule has 0 bridgehead atoms. The lowest BCUT2D eigenvalue weighted by Gasteiger charge is -2.21. The zero-order chi connectivity index (χ0) is 12.1. The second kappa shape index (κ2) is 5.84. The van der Waals surface area contributed by atoms with Crippen molar-refractivity contribution in [1.29, 1.82) is 0 Å². The number of rotatable bonds is 4. The third-order valence-electron chi connectivity index (χ3n) is 2.71. The van der Waals surface area contributed by atoms with Gasteiger partial charge in [-0.2, -0.15) is 0 Å². The molecular formula is C11H19NO4. The van der Waals surface area contributed by atoms with Gasteiger partial charge < -0.3 is 14.7 Å². The lowest BCUT2D eigenvalue weighted by atomic mass is 10.2. The van der Waals surface area contributed by atoms with Gasteiger partial charge in [0.05, 0.1) is 12.7 Å². The molecule has 1 rings (SSSR count). The van der Waals surface area contributed by atoms with Crippen molar-refractivity contribution < 1.29 is 19.4 Å². The fraction of sp³-hybridized carbons (Fsp3) is 0.818. The van der Waals surface area contributed by atoms with E-state index in [1.54, 1.807) is 11.8 Å². The molecule has 1 N–H and O–H groups in total. The van der Waals surface area contributed by atoms with Crippen LogP contribution in [0.15, 0.2) is 0 Å². The van der Waals surface area contributed by atoms with Gasteiger partial charge in [0.1, 0.15) is 6.04 Å². The second-order valence-electron chi connectivity index (χ2n) is 4.18. The van der Waals surface area contributed by atoms with Crippen molar-refractivity contribution >= 4 is 11.9 Å². The number of aliphatic hydroxyl groups excluding tert-OH is 1. The molecule has 0 radical (unpaired) electrons. The van der Waals surface area contributed by atoms with E-state index < -0.39 is 12.1 Å². The van der Waals surface area contributed by atoms with Crippen LogP contribution in [0.2, 0.25) is 0 Å². The van der Waals surface area contributed by atoms with Gasteiger partial charge >= 0.3 is 5.97 Å². The van der Waals surface area contributed by atoms with Crippen molar-refractivity contribution in [2.24, 2.45) is 0 Å². The molecule has 0 aromatic carbocycles. The Hall–Kier alpha value is -1.10. The first-order valence-corrected chi connectivity index (χ1v) is 5.64. The molecule has 0 spiro atoms. The molecule has 0 aromatic rings. The van der Waals surface area contributed by atoms with Crippen molar-refractivity contribution in [1.82, 2.24) is 4.90 Å². The summed E-state index contributed by atoms with van der Waals surface area (Å²) in [6, 6.07) is -0.425. The lowest BCUT2D eigenvalue weighted by molar-refractivity contribution is -0.153. The van der Waals surface area contributed by atoms with Crippen molar-refractivity contribution in [2.75, 3.05) is 13.2 Å². The predicted octanol–water partition coefficient (Wildman–Crippen LogP) is 0.311. The number of hydrogen-bond donors (Lipinski definition) is 1. The zero-order valence-corrected chi connectivity index (χ0v) is 9.81. The molecule has 0 aliphatic carbocycles. The van der Waals surface area contributed by atoms with Crippen molar-refractivity contribution in [3.05, 3.63) is 0 Å². The lowest BCUT2D eigenvalue weighted by Crippen LogP contribution is -2.40. The van der Waals surface area contributed by atoms with Crippen LogP contribution in [0, 0.1) is 0 Å². The van der Waals surface area contributed by atoms with Crippen LogP contribution in [0.5, 0.6) is 0 Å². The van der Waals surface area contributed by atoms with E-state index in [0.717, 1.165) is 6.42 Å². The minimum Gasteiger partial charge on any atom is -0.464 e. The standard InChI is InChI=1S/C11H19NO4/c1-8(13)5-7-16-11(15)10-4-3-6-12(10)9(2)14/h8,10,13H,3-7H2,1-2H3. The van der Waals surface area contributed by atoms with Gasteiger partial charge in [0.25, 0.3) is 0 Å². The van der Waals surface area contributed by atoms with Crippen LogP contribution in [-0.2, 0) is 14.3 Å². The molecule has 1 aliphatic rings. The fourth-order valence-corrected chi connectivity index (χ4v) is 1.81. The summed E-state index contributed by atoms with van der Waals surface area (Å²) in [6.45, 7) is 3.94. The van der Waals surface area contributed by atoms with E-state index in [2.05, 4.69) is 0 Å². The normalized spacial score (nSPS) is 21.9. The van der Waals surface area contributed by atoms with Gasteiger partial charge in [-0.15, -0.1) is 0 Å². The highest BCUT2D eigenvalue weighted by Crippen LogP contribution is 2.18. The van der Waals surface area contributed by atoms with Gasteiger partial charge in [0.2, 0.25) is 5.91 Å². The third-order valence-corrected chi connectivity index (χ3v) is 2.71. The van der Waals surface area contributed by atoms with Gasteiger partial charge in [-0.1, -0.05) is 0 Å². The number of aliphatic hydroxyl groups is 1. The third kappa shape index (κ3) is 3.48. The molecule has 92 valence electrons. The maximum Gasteiger partial charge on any atom is 0.328 e. The number of amides is 1. The molecule has 2 atom stereocenters. The molecule has 16 heavy (non-hydrogen) atoms. The molecule has 0 saturated carbocycles. The van der Waals surface area contributed by atoms with Crippen LogP contribution in [0.3, 0.4) is 0 Å². The topological polar surface area (TPSA) is 66.8 Å². The molecule has 2 unspecified atom stereocenters. The molecular weight excluding hydrogens is 210 g/mol. The molecule has 5 heteroatoms. The first kappa shape index (κ1) is 13.0. The number of carbonyl (C=O) groups excluding carboxylic acids is 2. The van der Waals surface area contributed by atoms with E-state index in [1.165, 1.54) is 6.92 Å². The quantitative estimate of drug-likeness (QED) is 0.705. The number of likely N-dealkylation sites (tertiary alicyclic amines) is 1. The number of ether oxygens (including phenoxy) is 1. The van der Waals surface area contributed by atoms with E-state index in [-0.39, 0.29) is 18.5 Å². The van der Waals surface area contributed by atoms with E-state index in [1.807, 2.05) is 0 Å². The highest BCUT2D eigenvalue weighted by Gasteiger charge is 2.33. The van der Waals surface area contributed by atoms with E-state index in [4.69, 9.17) is 9.84 Å². The van der Waals surface area contributed by atoms with Gasteiger partial charge in [-0.05, 0) is 19.8 Å². The summed E-state index contributed by atoms with van der Waals surface area (Å²) in [5.74, 6) is -0.441. The zero-order valence-electron chi connectivity index (χ0n) is 9.81. The SMILES string of the molecule is CC(=O)N1CCCC1C(=O)OCCC(C)O. The van der Waals surface area contributed by atoms with Crippen LogP contribution in [0.25, 0.3) is 0 Å². The summed E-state index contributed by atoms with van der Waals surface area (Å²) in [5.41, 5.74) is 0. The Morgan fingerprint density at radius 1 is 1.56 bits per heavy atom. The summed E-state index contributed by atoms with van der Waals surface area (Å²) in [7, 11) is 0. The molecule has 1 aliphatic heterocycles. The number of nitrogens with zero attached hydrogens (tertiary/aromatic N) is 1. The van der Waals surface area contributed by atoms with E-state index in [9.17, 15) is 9.59 Å². The Morgan fingerprint density at radius 2 is 2.25 bits per heavy atom. The summed E-state index contributed by atoms with van der Waals surface area (Å²) in [5, 5.41) is 9.01.